The quantitative estimate of drug-likeness (QED) is 0.274. The van der Waals surface area contributed by atoms with Crippen molar-refractivity contribution in [2.75, 3.05) is 0 Å². The van der Waals surface area contributed by atoms with Gasteiger partial charge < -0.3 is 13.7 Å². The van der Waals surface area contributed by atoms with E-state index in [9.17, 15) is 0 Å². The van der Waals surface area contributed by atoms with Crippen LogP contribution in [0.25, 0.3) is 0 Å². The lowest BCUT2D eigenvalue weighted by Gasteiger charge is -2.39. The summed E-state index contributed by atoms with van der Waals surface area (Å²) in [5.41, 5.74) is 0. The lowest BCUT2D eigenvalue weighted by molar-refractivity contribution is 0.187. The molecule has 1 fully saturated rings. The first kappa shape index (κ1) is 24.9. The van der Waals surface area contributed by atoms with Gasteiger partial charge in [-0.2, -0.15) is 5.98 Å². The Morgan fingerprint density at radius 2 is 1.56 bits per heavy atom. The van der Waals surface area contributed by atoms with Crippen LogP contribution in [-0.4, -0.2) is 33.2 Å². The fourth-order valence-corrected chi connectivity index (χ4v) is 4.74. The van der Waals surface area contributed by atoms with E-state index in [2.05, 4.69) is 73.6 Å². The molecule has 0 aromatic heterocycles. The molecule has 0 radical (unpaired) electrons. The lowest BCUT2D eigenvalue weighted by Crippen LogP contribution is -2.44. The molecule has 5 heteroatoms. The van der Waals surface area contributed by atoms with Crippen LogP contribution in [0.5, 0.6) is 0 Å². The third-order valence-electron chi connectivity index (χ3n) is 6.47. The second kappa shape index (κ2) is 10.6. The Bertz CT molecular complexity index is 449. The Morgan fingerprint density at radius 3 is 2.04 bits per heavy atom. The van der Waals surface area contributed by atoms with Crippen LogP contribution in [0.1, 0.15) is 87.0 Å². The van der Waals surface area contributed by atoms with Crippen LogP contribution in [0, 0.1) is 0 Å². The Kier molecular flexibility index (Phi) is 9.80. The highest BCUT2D eigenvalue weighted by molar-refractivity contribution is 6.74. The van der Waals surface area contributed by atoms with Gasteiger partial charge in [-0.25, -0.2) is 0 Å². The summed E-state index contributed by atoms with van der Waals surface area (Å²) < 4.78 is 19.5. The zero-order chi connectivity index (χ0) is 20.7. The van der Waals surface area contributed by atoms with E-state index < -0.39 is 14.9 Å². The highest BCUT2D eigenvalue weighted by Gasteiger charge is 2.39. The largest absolute Gasteiger partial charge is 0.561 e. The van der Waals surface area contributed by atoms with E-state index in [0.29, 0.717) is 0 Å². The average molecular weight is 398 g/mol. The van der Waals surface area contributed by atoms with E-state index >= 15 is 0 Å². The van der Waals surface area contributed by atoms with Crippen molar-refractivity contribution in [1.29, 1.82) is 0 Å². The second-order valence-electron chi connectivity index (χ2n) is 10.1. The zero-order valence-corrected chi connectivity index (χ0v) is 20.6. The monoisotopic (exact) mass is 397 g/mol. The molecule has 0 bridgehead atoms. The van der Waals surface area contributed by atoms with E-state index in [1.165, 1.54) is 19.3 Å². The Balaban J connectivity index is 2.95. The maximum Gasteiger partial charge on any atom is 0.263 e. The normalized spacial score (nSPS) is 28.2. The molecule has 0 aromatic rings. The third-order valence-corrected chi connectivity index (χ3v) is 11.0. The third kappa shape index (κ3) is 7.68. The summed E-state index contributed by atoms with van der Waals surface area (Å²) in [5.74, 6) is 2.24. The molecule has 160 valence electrons. The lowest BCUT2D eigenvalue weighted by atomic mass is 9.53. The SMILES string of the molecule is CCCCC[C@@H](/C=C/[B-]1(CCCC)OC(C)C(C)O1)O[Si](C)(C)C(C)(C)C. The van der Waals surface area contributed by atoms with Crippen molar-refractivity contribution in [2.24, 2.45) is 0 Å². The standard InChI is InChI=1S/C22H46BO3Si/c1-10-12-14-15-21(26-27(8,9)22(5,6)7)16-18-23(17-13-11-2)24-19(3)20(4)25-23/h16,18-21H,10-15,17H2,1-9H3/q-1/b18-16+/t19?,20?,21-,23?/m0/s1. The molecule has 0 N–H and O–H groups in total. The van der Waals surface area contributed by atoms with Crippen molar-refractivity contribution >= 4 is 14.9 Å². The van der Waals surface area contributed by atoms with Gasteiger partial charge in [0, 0.05) is 12.2 Å². The number of rotatable bonds is 11. The zero-order valence-electron chi connectivity index (χ0n) is 19.6. The molecule has 2 unspecified atom stereocenters. The van der Waals surface area contributed by atoms with Crippen molar-refractivity contribution < 1.29 is 13.7 Å². The molecule has 3 atom stereocenters. The summed E-state index contributed by atoms with van der Waals surface area (Å²) in [6.07, 6.45) is 10.8. The maximum absolute atomic E-state index is 6.76. The summed E-state index contributed by atoms with van der Waals surface area (Å²) in [6.45, 7) is 19.0. The van der Waals surface area contributed by atoms with Crippen LogP contribution in [0.15, 0.2) is 12.1 Å². The minimum atomic E-state index is -1.81. The first-order valence-corrected chi connectivity index (χ1v) is 14.3. The molecule has 27 heavy (non-hydrogen) atoms. The van der Waals surface area contributed by atoms with Crippen LogP contribution < -0.4 is 0 Å². The summed E-state index contributed by atoms with van der Waals surface area (Å²) in [7, 11) is -1.81. The molecule has 1 rings (SSSR count). The smallest absolute Gasteiger partial charge is 0.263 e. The summed E-state index contributed by atoms with van der Waals surface area (Å²) >= 11 is 0. The van der Waals surface area contributed by atoms with Gasteiger partial charge in [-0.15, -0.1) is 6.32 Å². The first-order valence-electron chi connectivity index (χ1n) is 11.4. The fraction of sp³-hybridized carbons (Fsp3) is 0.909. The van der Waals surface area contributed by atoms with Gasteiger partial charge in [-0.1, -0.05) is 72.8 Å². The van der Waals surface area contributed by atoms with Gasteiger partial charge in [0.25, 0.3) is 6.55 Å². The van der Waals surface area contributed by atoms with Gasteiger partial charge in [-0.3, -0.25) is 0 Å². The summed E-state index contributed by atoms with van der Waals surface area (Å²) in [6, 6.07) is 0. The molecule has 0 amide bonds. The first-order chi connectivity index (χ1) is 12.5. The van der Waals surface area contributed by atoms with E-state index in [4.69, 9.17) is 13.7 Å². The molecule has 1 aliphatic heterocycles. The highest BCUT2D eigenvalue weighted by atomic mass is 28.4. The van der Waals surface area contributed by atoms with Gasteiger partial charge >= 0.3 is 0 Å². The van der Waals surface area contributed by atoms with Crippen molar-refractivity contribution in [3.05, 3.63) is 12.1 Å². The van der Waals surface area contributed by atoms with Gasteiger partial charge in [0.05, 0.1) is 6.10 Å². The molecule has 0 saturated carbocycles. The minimum absolute atomic E-state index is 0.159. The maximum atomic E-state index is 6.76. The van der Waals surface area contributed by atoms with E-state index in [1.807, 2.05) is 0 Å². The van der Waals surface area contributed by atoms with Crippen molar-refractivity contribution in [1.82, 2.24) is 0 Å². The molecule has 1 saturated heterocycles. The molecule has 1 heterocycles. The van der Waals surface area contributed by atoms with E-state index in [-0.39, 0.29) is 23.4 Å². The Morgan fingerprint density at radius 1 is 1.00 bits per heavy atom. The second-order valence-corrected chi connectivity index (χ2v) is 14.8. The van der Waals surface area contributed by atoms with Crippen LogP contribution in [0.3, 0.4) is 0 Å². The molecule has 3 nitrogen and oxygen atoms in total. The Labute approximate surface area is 170 Å². The summed E-state index contributed by atoms with van der Waals surface area (Å²) in [5, 5.41) is 0.221. The van der Waals surface area contributed by atoms with Gasteiger partial charge in [0.2, 0.25) is 0 Å². The fourth-order valence-electron chi connectivity index (χ4n) is 3.43. The predicted octanol–water partition coefficient (Wildman–Crippen LogP) is 7.12. The van der Waals surface area contributed by atoms with Crippen molar-refractivity contribution in [3.63, 3.8) is 0 Å². The van der Waals surface area contributed by atoms with Gasteiger partial charge in [-0.05, 0) is 38.4 Å². The highest BCUT2D eigenvalue weighted by Crippen LogP contribution is 2.38. The molecular weight excluding hydrogens is 351 g/mol. The molecule has 0 spiro atoms. The number of unbranched alkanes of at least 4 members (excludes halogenated alkanes) is 3. The van der Waals surface area contributed by atoms with Gasteiger partial charge in [0.1, 0.15) is 0 Å². The molecule has 0 aromatic carbocycles. The van der Waals surface area contributed by atoms with Crippen LogP contribution in [-0.2, 0) is 13.7 Å². The van der Waals surface area contributed by atoms with Crippen molar-refractivity contribution in [3.8, 4) is 0 Å². The van der Waals surface area contributed by atoms with Crippen LogP contribution in [0.2, 0.25) is 24.5 Å². The predicted molar refractivity (Wildman–Crippen MR) is 122 cm³/mol. The van der Waals surface area contributed by atoms with Crippen LogP contribution in [0.4, 0.5) is 0 Å². The van der Waals surface area contributed by atoms with E-state index in [0.717, 1.165) is 25.6 Å². The topological polar surface area (TPSA) is 27.7 Å². The summed E-state index contributed by atoms with van der Waals surface area (Å²) in [4.78, 5) is 0. The Hall–Kier alpha value is -0.0982. The molecule has 0 aliphatic carbocycles. The van der Waals surface area contributed by atoms with Gasteiger partial charge in [0.15, 0.2) is 8.32 Å². The average Bonchev–Trinajstić information content (AvgIpc) is 2.84. The number of hydrogen-bond acceptors (Lipinski definition) is 3. The number of hydrogen-bond donors (Lipinski definition) is 0. The minimum Gasteiger partial charge on any atom is -0.561 e. The van der Waals surface area contributed by atoms with Crippen LogP contribution >= 0.6 is 0 Å². The van der Waals surface area contributed by atoms with E-state index in [1.54, 1.807) is 0 Å². The molecular formula is C22H46BO3Si-. The van der Waals surface area contributed by atoms with Crippen molar-refractivity contribution in [2.45, 2.75) is 130 Å². The molecule has 1 aliphatic rings.